The number of aromatic amines is 1. The van der Waals surface area contributed by atoms with Crippen molar-refractivity contribution in [1.29, 1.82) is 0 Å². The number of carbonyl (C=O) groups is 2. The number of piperazine rings is 1. The number of fused-ring (bicyclic) bond motifs is 1. The third-order valence-corrected chi connectivity index (χ3v) is 6.05. The molecule has 4 rings (SSSR count). The van der Waals surface area contributed by atoms with Crippen molar-refractivity contribution < 1.29 is 9.59 Å². The van der Waals surface area contributed by atoms with Crippen LogP contribution in [0.4, 0.5) is 0 Å². The summed E-state index contributed by atoms with van der Waals surface area (Å²) in [5.74, 6) is 0.292. The molecule has 1 aliphatic rings. The quantitative estimate of drug-likeness (QED) is 0.642. The first kappa shape index (κ1) is 21.1. The topological polar surface area (TPSA) is 59.7 Å². The second kappa shape index (κ2) is 9.79. The molecule has 6 heteroatoms. The minimum atomic E-state index is 0.143. The number of nitrogens with one attached hydrogen (secondary N) is 1. The summed E-state index contributed by atoms with van der Waals surface area (Å²) in [6.07, 6.45) is 2.34. The lowest BCUT2D eigenvalue weighted by atomic mass is 10.1. The molecule has 2 aromatic carbocycles. The zero-order valence-electron chi connectivity index (χ0n) is 18.1. The van der Waals surface area contributed by atoms with Crippen molar-refractivity contribution in [2.45, 2.75) is 19.9 Å². The number of para-hydroxylation sites is 1. The van der Waals surface area contributed by atoms with Crippen LogP contribution in [0.15, 0.2) is 60.8 Å². The number of hydrogen-bond donors (Lipinski definition) is 1. The van der Waals surface area contributed by atoms with Gasteiger partial charge in [0.1, 0.15) is 0 Å². The number of hydrogen-bond acceptors (Lipinski definition) is 3. The van der Waals surface area contributed by atoms with E-state index in [1.807, 2.05) is 77.5 Å². The Hall–Kier alpha value is -3.12. The SMILES string of the molecule is CCN(Cc1ccccc1)C(=O)CN1CCN(C(=O)Cc2c[nH]c3ccccc23)CC1. The number of carbonyl (C=O) groups excluding carboxylic acids is 2. The fourth-order valence-electron chi connectivity index (χ4n) is 4.18. The highest BCUT2D eigenvalue weighted by Gasteiger charge is 2.24. The lowest BCUT2D eigenvalue weighted by Gasteiger charge is -2.35. The van der Waals surface area contributed by atoms with Crippen LogP contribution in [0.25, 0.3) is 10.9 Å². The van der Waals surface area contributed by atoms with E-state index in [1.165, 1.54) is 0 Å². The molecule has 0 bridgehead atoms. The van der Waals surface area contributed by atoms with E-state index in [4.69, 9.17) is 0 Å². The van der Waals surface area contributed by atoms with Gasteiger partial charge in [0.25, 0.3) is 0 Å². The maximum absolute atomic E-state index is 12.8. The molecule has 3 aromatic rings. The summed E-state index contributed by atoms with van der Waals surface area (Å²) in [7, 11) is 0. The Morgan fingerprint density at radius 3 is 2.42 bits per heavy atom. The molecule has 1 aliphatic heterocycles. The van der Waals surface area contributed by atoms with Crippen molar-refractivity contribution in [1.82, 2.24) is 19.7 Å². The van der Waals surface area contributed by atoms with Crippen molar-refractivity contribution in [3.63, 3.8) is 0 Å². The fourth-order valence-corrected chi connectivity index (χ4v) is 4.18. The Balaban J connectivity index is 1.27. The van der Waals surface area contributed by atoms with Crippen LogP contribution in [0.3, 0.4) is 0 Å². The van der Waals surface area contributed by atoms with Gasteiger partial charge in [-0.1, -0.05) is 48.5 Å². The van der Waals surface area contributed by atoms with Crippen molar-refractivity contribution in [3.8, 4) is 0 Å². The third kappa shape index (κ3) is 5.14. The number of nitrogens with zero attached hydrogens (tertiary/aromatic N) is 3. The highest BCUT2D eigenvalue weighted by atomic mass is 16.2. The average Bonchev–Trinajstić information content (AvgIpc) is 3.21. The van der Waals surface area contributed by atoms with Crippen LogP contribution in [-0.4, -0.2) is 70.8 Å². The van der Waals surface area contributed by atoms with Gasteiger partial charge in [-0.3, -0.25) is 14.5 Å². The molecule has 0 unspecified atom stereocenters. The van der Waals surface area contributed by atoms with Gasteiger partial charge < -0.3 is 14.8 Å². The molecule has 0 radical (unpaired) electrons. The van der Waals surface area contributed by atoms with Crippen LogP contribution in [0.1, 0.15) is 18.1 Å². The minimum Gasteiger partial charge on any atom is -0.361 e. The predicted octanol–water partition coefficient (Wildman–Crippen LogP) is 2.90. The van der Waals surface area contributed by atoms with Crippen LogP contribution >= 0.6 is 0 Å². The molecule has 1 N–H and O–H groups in total. The Bertz CT molecular complexity index is 1020. The summed E-state index contributed by atoms with van der Waals surface area (Å²) in [6, 6.07) is 18.1. The predicted molar refractivity (Wildman–Crippen MR) is 123 cm³/mol. The molecule has 0 saturated carbocycles. The lowest BCUT2D eigenvalue weighted by Crippen LogP contribution is -2.51. The first-order valence-corrected chi connectivity index (χ1v) is 11.0. The monoisotopic (exact) mass is 418 g/mol. The van der Waals surface area contributed by atoms with Crippen molar-refractivity contribution in [3.05, 3.63) is 71.9 Å². The Labute approximate surface area is 183 Å². The summed E-state index contributed by atoms with van der Waals surface area (Å²) in [6.45, 7) is 6.55. The number of H-pyrrole nitrogens is 1. The normalized spacial score (nSPS) is 14.7. The molecule has 1 fully saturated rings. The van der Waals surface area contributed by atoms with E-state index in [2.05, 4.69) is 9.88 Å². The second-order valence-electron chi connectivity index (χ2n) is 8.09. The highest BCUT2D eigenvalue weighted by molar-refractivity contribution is 5.89. The van der Waals surface area contributed by atoms with E-state index in [0.29, 0.717) is 39.1 Å². The zero-order valence-corrected chi connectivity index (χ0v) is 18.1. The molecular weight excluding hydrogens is 388 g/mol. The van der Waals surface area contributed by atoms with Crippen LogP contribution < -0.4 is 0 Å². The molecule has 0 aliphatic carbocycles. The average molecular weight is 419 g/mol. The van der Waals surface area contributed by atoms with Gasteiger partial charge >= 0.3 is 0 Å². The van der Waals surface area contributed by atoms with Gasteiger partial charge in [-0.05, 0) is 24.1 Å². The molecule has 162 valence electrons. The third-order valence-electron chi connectivity index (χ3n) is 6.05. The van der Waals surface area contributed by atoms with Gasteiger partial charge in [-0.15, -0.1) is 0 Å². The van der Waals surface area contributed by atoms with E-state index in [-0.39, 0.29) is 11.8 Å². The van der Waals surface area contributed by atoms with E-state index in [9.17, 15) is 9.59 Å². The Kier molecular flexibility index (Phi) is 6.67. The van der Waals surface area contributed by atoms with Gasteiger partial charge in [0.15, 0.2) is 0 Å². The number of rotatable bonds is 7. The number of likely N-dealkylation sites (N-methyl/N-ethyl adjacent to an activating group) is 1. The van der Waals surface area contributed by atoms with Gasteiger partial charge in [-0.25, -0.2) is 0 Å². The second-order valence-corrected chi connectivity index (χ2v) is 8.09. The molecule has 0 spiro atoms. The molecular formula is C25H30N4O2. The van der Waals surface area contributed by atoms with Gasteiger partial charge in [0.05, 0.1) is 13.0 Å². The number of amides is 2. The fraction of sp³-hybridized carbons (Fsp3) is 0.360. The standard InChI is InChI=1S/C25H30N4O2/c1-2-28(18-20-8-4-3-5-9-20)25(31)19-27-12-14-29(15-13-27)24(30)16-21-17-26-23-11-7-6-10-22(21)23/h3-11,17,26H,2,12-16,18-19H2,1H3. The largest absolute Gasteiger partial charge is 0.361 e. The molecule has 2 amide bonds. The van der Waals surface area contributed by atoms with Crippen molar-refractivity contribution in [2.24, 2.45) is 0 Å². The van der Waals surface area contributed by atoms with Gasteiger partial charge in [0.2, 0.25) is 11.8 Å². The molecule has 0 atom stereocenters. The smallest absolute Gasteiger partial charge is 0.237 e. The van der Waals surface area contributed by atoms with E-state index >= 15 is 0 Å². The lowest BCUT2D eigenvalue weighted by molar-refractivity contribution is -0.135. The Morgan fingerprint density at radius 1 is 0.968 bits per heavy atom. The van der Waals surface area contributed by atoms with E-state index in [0.717, 1.165) is 35.1 Å². The van der Waals surface area contributed by atoms with Crippen LogP contribution in [0.2, 0.25) is 0 Å². The van der Waals surface area contributed by atoms with Gasteiger partial charge in [-0.2, -0.15) is 0 Å². The first-order valence-electron chi connectivity index (χ1n) is 11.0. The van der Waals surface area contributed by atoms with Crippen molar-refractivity contribution in [2.75, 3.05) is 39.3 Å². The summed E-state index contributed by atoms with van der Waals surface area (Å²) in [4.78, 5) is 34.8. The molecule has 6 nitrogen and oxygen atoms in total. The first-order chi connectivity index (χ1) is 15.1. The number of aromatic nitrogens is 1. The minimum absolute atomic E-state index is 0.143. The molecule has 1 aromatic heterocycles. The zero-order chi connectivity index (χ0) is 21.6. The summed E-state index contributed by atoms with van der Waals surface area (Å²) < 4.78 is 0. The van der Waals surface area contributed by atoms with E-state index in [1.54, 1.807) is 0 Å². The van der Waals surface area contributed by atoms with Gasteiger partial charge in [0, 0.05) is 56.4 Å². The maximum Gasteiger partial charge on any atom is 0.237 e. The summed E-state index contributed by atoms with van der Waals surface area (Å²) in [5.41, 5.74) is 3.24. The van der Waals surface area contributed by atoms with Crippen LogP contribution in [0, 0.1) is 0 Å². The van der Waals surface area contributed by atoms with Crippen LogP contribution in [0.5, 0.6) is 0 Å². The van der Waals surface area contributed by atoms with Crippen molar-refractivity contribution >= 4 is 22.7 Å². The summed E-state index contributed by atoms with van der Waals surface area (Å²) in [5, 5.41) is 1.11. The number of benzene rings is 2. The van der Waals surface area contributed by atoms with E-state index < -0.39 is 0 Å². The Morgan fingerprint density at radius 2 is 1.68 bits per heavy atom. The highest BCUT2D eigenvalue weighted by Crippen LogP contribution is 2.19. The van der Waals surface area contributed by atoms with Crippen LogP contribution in [-0.2, 0) is 22.6 Å². The summed E-state index contributed by atoms with van der Waals surface area (Å²) >= 11 is 0. The molecule has 31 heavy (non-hydrogen) atoms. The molecule has 1 saturated heterocycles. The molecule has 2 heterocycles. The maximum atomic E-state index is 12.8.